The summed E-state index contributed by atoms with van der Waals surface area (Å²) in [6.07, 6.45) is 7.72. The number of esters is 1. The fourth-order valence-corrected chi connectivity index (χ4v) is 2.08. The van der Waals surface area contributed by atoms with Gasteiger partial charge in [0.25, 0.3) is 0 Å². The van der Waals surface area contributed by atoms with E-state index < -0.39 is 18.2 Å². The third kappa shape index (κ3) is 9.88. The first-order valence-corrected chi connectivity index (χ1v) is 7.53. The molecule has 1 N–H and O–H groups in total. The van der Waals surface area contributed by atoms with Crippen LogP contribution in [0.4, 0.5) is 4.39 Å². The average molecular weight is 276 g/mol. The van der Waals surface area contributed by atoms with Gasteiger partial charge < -0.3 is 9.84 Å². The van der Waals surface area contributed by atoms with Crippen LogP contribution in [0.2, 0.25) is 0 Å². The van der Waals surface area contributed by atoms with Gasteiger partial charge >= 0.3 is 5.97 Å². The topological polar surface area (TPSA) is 46.5 Å². The molecule has 0 fully saturated rings. The zero-order valence-electron chi connectivity index (χ0n) is 12.4. The van der Waals surface area contributed by atoms with Crippen LogP contribution in [0.15, 0.2) is 0 Å². The smallest absolute Gasteiger partial charge is 0.343 e. The molecular formula is C15H29FO3. The van der Waals surface area contributed by atoms with Crippen molar-refractivity contribution in [2.24, 2.45) is 0 Å². The summed E-state index contributed by atoms with van der Waals surface area (Å²) in [5.41, 5.74) is 0. The zero-order valence-corrected chi connectivity index (χ0v) is 12.4. The number of rotatable bonds is 12. The molecule has 2 atom stereocenters. The van der Waals surface area contributed by atoms with Gasteiger partial charge in [-0.15, -0.1) is 0 Å². The van der Waals surface area contributed by atoms with Crippen molar-refractivity contribution in [3.63, 3.8) is 0 Å². The highest BCUT2D eigenvalue weighted by Crippen LogP contribution is 2.13. The Morgan fingerprint density at radius 3 is 2.00 bits per heavy atom. The highest BCUT2D eigenvalue weighted by molar-refractivity contribution is 5.75. The lowest BCUT2D eigenvalue weighted by molar-refractivity contribution is -0.151. The molecule has 0 radical (unpaired) electrons. The Labute approximate surface area is 116 Å². The molecule has 0 rings (SSSR count). The number of alkyl halides is 1. The number of halogens is 1. The van der Waals surface area contributed by atoms with Crippen LogP contribution >= 0.6 is 0 Å². The van der Waals surface area contributed by atoms with Crippen molar-refractivity contribution in [1.29, 1.82) is 0 Å². The van der Waals surface area contributed by atoms with E-state index in [1.54, 1.807) is 0 Å². The van der Waals surface area contributed by atoms with Gasteiger partial charge in [0, 0.05) is 0 Å². The predicted octanol–water partition coefficient (Wildman–Crippen LogP) is 3.78. The van der Waals surface area contributed by atoms with Crippen LogP contribution in [-0.4, -0.2) is 30.5 Å². The first-order valence-electron chi connectivity index (χ1n) is 7.53. The fourth-order valence-electron chi connectivity index (χ4n) is 2.08. The molecule has 4 heteroatoms. The molecule has 0 aromatic heterocycles. The number of unbranched alkanes of at least 4 members (excludes halogenated alkanes) is 8. The maximum absolute atomic E-state index is 13.2. The number of carbonyl (C=O) groups is 1. The van der Waals surface area contributed by atoms with E-state index in [9.17, 15) is 14.3 Å². The number of aliphatic hydroxyl groups is 1. The molecule has 0 aromatic rings. The predicted molar refractivity (Wildman–Crippen MR) is 74.8 cm³/mol. The van der Waals surface area contributed by atoms with Crippen LogP contribution in [0, 0.1) is 0 Å². The number of hydrogen-bond acceptors (Lipinski definition) is 3. The minimum Gasteiger partial charge on any atom is -0.467 e. The van der Waals surface area contributed by atoms with Gasteiger partial charge in [0.05, 0.1) is 13.2 Å². The third-order valence-corrected chi connectivity index (χ3v) is 3.37. The van der Waals surface area contributed by atoms with Crippen LogP contribution in [0.25, 0.3) is 0 Å². The lowest BCUT2D eigenvalue weighted by Crippen LogP contribution is -2.30. The highest BCUT2D eigenvalue weighted by atomic mass is 19.1. The number of hydrogen-bond donors (Lipinski definition) is 1. The van der Waals surface area contributed by atoms with Crippen molar-refractivity contribution >= 4 is 5.97 Å². The first-order chi connectivity index (χ1) is 9.13. The first kappa shape index (κ1) is 18.4. The van der Waals surface area contributed by atoms with E-state index >= 15 is 0 Å². The van der Waals surface area contributed by atoms with Crippen molar-refractivity contribution < 1.29 is 19.0 Å². The van der Waals surface area contributed by atoms with Gasteiger partial charge in [-0.25, -0.2) is 9.18 Å². The Morgan fingerprint density at radius 1 is 1.05 bits per heavy atom. The molecule has 0 spiro atoms. The number of aliphatic hydroxyl groups excluding tert-OH is 1. The Bertz CT molecular complexity index is 221. The number of methoxy groups -OCH3 is 1. The third-order valence-electron chi connectivity index (χ3n) is 3.37. The second kappa shape index (κ2) is 12.4. The molecule has 0 saturated heterocycles. The van der Waals surface area contributed by atoms with E-state index in [0.29, 0.717) is 6.42 Å². The van der Waals surface area contributed by atoms with Gasteiger partial charge in [0.1, 0.15) is 0 Å². The minimum atomic E-state index is -1.90. The summed E-state index contributed by atoms with van der Waals surface area (Å²) < 4.78 is 17.5. The van der Waals surface area contributed by atoms with Crippen LogP contribution in [0.5, 0.6) is 0 Å². The molecule has 3 nitrogen and oxygen atoms in total. The Kier molecular flexibility index (Phi) is 12.0. The van der Waals surface area contributed by atoms with E-state index in [1.807, 2.05) is 0 Å². The maximum Gasteiger partial charge on any atom is 0.343 e. The SMILES string of the molecule is CCCCCCCCCCC[C@@H](O)C(F)C(=O)OC. The summed E-state index contributed by atoms with van der Waals surface area (Å²) in [4.78, 5) is 10.9. The van der Waals surface area contributed by atoms with Gasteiger partial charge in [-0.1, -0.05) is 64.7 Å². The normalized spacial score (nSPS) is 14.1. The van der Waals surface area contributed by atoms with Crippen molar-refractivity contribution in [2.45, 2.75) is 83.4 Å². The summed E-state index contributed by atoms with van der Waals surface area (Å²) >= 11 is 0. The highest BCUT2D eigenvalue weighted by Gasteiger charge is 2.26. The number of ether oxygens (including phenoxy) is 1. The van der Waals surface area contributed by atoms with Crippen molar-refractivity contribution in [3.8, 4) is 0 Å². The molecular weight excluding hydrogens is 247 g/mol. The van der Waals surface area contributed by atoms with Gasteiger partial charge in [-0.05, 0) is 6.42 Å². The fraction of sp³-hybridized carbons (Fsp3) is 0.933. The van der Waals surface area contributed by atoms with Crippen molar-refractivity contribution in [3.05, 3.63) is 0 Å². The van der Waals surface area contributed by atoms with E-state index in [-0.39, 0.29) is 0 Å². The van der Waals surface area contributed by atoms with Crippen LogP contribution in [0.1, 0.15) is 71.1 Å². The lowest BCUT2D eigenvalue weighted by Gasteiger charge is -2.13. The Morgan fingerprint density at radius 2 is 1.53 bits per heavy atom. The summed E-state index contributed by atoms with van der Waals surface area (Å²) in [5, 5.41) is 9.44. The van der Waals surface area contributed by atoms with E-state index in [2.05, 4.69) is 11.7 Å². The van der Waals surface area contributed by atoms with Crippen LogP contribution in [-0.2, 0) is 9.53 Å². The monoisotopic (exact) mass is 276 g/mol. The largest absolute Gasteiger partial charge is 0.467 e. The molecule has 0 aliphatic heterocycles. The number of carbonyl (C=O) groups excluding carboxylic acids is 1. The molecule has 0 aliphatic rings. The quantitative estimate of drug-likeness (QED) is 0.436. The molecule has 114 valence electrons. The molecule has 0 heterocycles. The van der Waals surface area contributed by atoms with E-state index in [0.717, 1.165) is 26.4 Å². The summed E-state index contributed by atoms with van der Waals surface area (Å²) in [7, 11) is 1.13. The van der Waals surface area contributed by atoms with Crippen LogP contribution in [0.3, 0.4) is 0 Å². The molecule has 0 amide bonds. The van der Waals surface area contributed by atoms with Crippen molar-refractivity contribution in [2.75, 3.05) is 7.11 Å². The Hall–Kier alpha value is -0.640. The molecule has 0 bridgehead atoms. The summed E-state index contributed by atoms with van der Waals surface area (Å²) in [6, 6.07) is 0. The van der Waals surface area contributed by atoms with E-state index in [1.165, 1.54) is 38.5 Å². The van der Waals surface area contributed by atoms with Crippen molar-refractivity contribution in [1.82, 2.24) is 0 Å². The summed E-state index contributed by atoms with van der Waals surface area (Å²) in [5.74, 6) is -0.983. The standard InChI is InChI=1S/C15H29FO3/c1-3-4-5-6-7-8-9-10-11-12-13(17)14(16)15(18)19-2/h13-14,17H,3-12H2,1-2H3/t13-,14?/m1/s1. The zero-order chi connectivity index (χ0) is 14.5. The Balaban J connectivity index is 3.36. The van der Waals surface area contributed by atoms with Gasteiger partial charge in [0.15, 0.2) is 0 Å². The molecule has 0 saturated carbocycles. The molecule has 19 heavy (non-hydrogen) atoms. The second-order valence-corrected chi connectivity index (χ2v) is 5.11. The molecule has 0 aliphatic carbocycles. The van der Waals surface area contributed by atoms with Crippen LogP contribution < -0.4 is 0 Å². The molecule has 1 unspecified atom stereocenters. The summed E-state index contributed by atoms with van der Waals surface area (Å²) in [6.45, 7) is 2.21. The average Bonchev–Trinajstić information content (AvgIpc) is 2.43. The van der Waals surface area contributed by atoms with Gasteiger partial charge in [-0.3, -0.25) is 0 Å². The second-order valence-electron chi connectivity index (χ2n) is 5.11. The van der Waals surface area contributed by atoms with E-state index in [4.69, 9.17) is 0 Å². The lowest BCUT2D eigenvalue weighted by atomic mass is 10.0. The molecule has 0 aromatic carbocycles. The van der Waals surface area contributed by atoms with Gasteiger partial charge in [0.2, 0.25) is 6.17 Å². The maximum atomic E-state index is 13.2. The van der Waals surface area contributed by atoms with Gasteiger partial charge in [-0.2, -0.15) is 0 Å². The minimum absolute atomic E-state index is 0.325.